The average molecular weight is 363 g/mol. The largest absolute Gasteiger partial charge is 0.459 e. The maximum absolute atomic E-state index is 12.9. The van der Waals surface area contributed by atoms with E-state index in [1.807, 2.05) is 6.92 Å². The molecule has 146 valence electrons. The Hall–Kier alpha value is -1.07. The molecule has 4 aliphatic rings. The van der Waals surface area contributed by atoms with Crippen LogP contribution in [0.25, 0.3) is 0 Å². The summed E-state index contributed by atoms with van der Waals surface area (Å²) in [5, 5.41) is 12.5. The quantitative estimate of drug-likeness (QED) is 0.696. The van der Waals surface area contributed by atoms with Gasteiger partial charge in [-0.15, -0.1) is 0 Å². The molecule has 0 saturated heterocycles. The van der Waals surface area contributed by atoms with Gasteiger partial charge in [0.1, 0.15) is 0 Å². The smallest absolute Gasteiger partial charge is 0.286 e. The lowest BCUT2D eigenvalue weighted by molar-refractivity contribution is -0.174. The van der Waals surface area contributed by atoms with E-state index < -0.39 is 0 Å². The van der Waals surface area contributed by atoms with Gasteiger partial charge >= 0.3 is 0 Å². The average Bonchev–Trinajstić information content (AvgIpc) is 3.28. The molecule has 0 spiro atoms. The molecule has 4 rings (SSSR count). The maximum atomic E-state index is 12.9. The van der Waals surface area contributed by atoms with Crippen molar-refractivity contribution in [3.8, 4) is 0 Å². The normalized spacial score (nSPS) is 38.8. The third kappa shape index (κ3) is 3.79. The van der Waals surface area contributed by atoms with E-state index in [9.17, 15) is 9.90 Å². The molecule has 3 aliphatic carbocycles. The summed E-state index contributed by atoms with van der Waals surface area (Å²) < 4.78 is 11.9. The zero-order valence-corrected chi connectivity index (χ0v) is 15.9. The van der Waals surface area contributed by atoms with Gasteiger partial charge in [-0.25, -0.2) is 0 Å². The van der Waals surface area contributed by atoms with Gasteiger partial charge in [-0.2, -0.15) is 0 Å². The minimum atomic E-state index is -0.372. The minimum absolute atomic E-state index is 0.0569. The Labute approximate surface area is 156 Å². The summed E-state index contributed by atoms with van der Waals surface area (Å²) in [7, 11) is 0. The van der Waals surface area contributed by atoms with Gasteiger partial charge in [0.15, 0.2) is 5.76 Å². The molecule has 2 N–H and O–H groups in total. The van der Waals surface area contributed by atoms with Crippen LogP contribution in [0.2, 0.25) is 0 Å². The molecule has 1 aliphatic heterocycles. The van der Waals surface area contributed by atoms with E-state index in [1.165, 1.54) is 32.1 Å². The Morgan fingerprint density at radius 2 is 2.08 bits per heavy atom. The van der Waals surface area contributed by atoms with Crippen LogP contribution in [0, 0.1) is 29.6 Å². The van der Waals surface area contributed by atoms with Crippen molar-refractivity contribution in [2.24, 2.45) is 29.6 Å². The number of carbonyl (C=O) groups is 1. The fourth-order valence-electron chi connectivity index (χ4n) is 5.47. The lowest BCUT2D eigenvalue weighted by Gasteiger charge is -2.37. The molecule has 2 bridgehead atoms. The van der Waals surface area contributed by atoms with Crippen LogP contribution in [0.1, 0.15) is 58.3 Å². The van der Waals surface area contributed by atoms with Crippen LogP contribution < -0.4 is 5.32 Å². The molecule has 26 heavy (non-hydrogen) atoms. The highest BCUT2D eigenvalue weighted by molar-refractivity contribution is 5.91. The maximum Gasteiger partial charge on any atom is 0.286 e. The highest BCUT2D eigenvalue weighted by atomic mass is 16.7. The van der Waals surface area contributed by atoms with Gasteiger partial charge in [0.05, 0.1) is 0 Å². The second-order valence-electron chi connectivity index (χ2n) is 8.67. The van der Waals surface area contributed by atoms with E-state index >= 15 is 0 Å². The van der Waals surface area contributed by atoms with E-state index in [2.05, 4.69) is 11.4 Å². The van der Waals surface area contributed by atoms with E-state index in [1.54, 1.807) is 0 Å². The summed E-state index contributed by atoms with van der Waals surface area (Å²) in [6, 6.07) is 0.322. The fourth-order valence-corrected chi connectivity index (χ4v) is 5.47. The summed E-state index contributed by atoms with van der Waals surface area (Å²) in [5.41, 5.74) is 0. The summed E-state index contributed by atoms with van der Waals surface area (Å²) in [5.74, 6) is 3.07. The molecule has 0 aromatic heterocycles. The summed E-state index contributed by atoms with van der Waals surface area (Å²) in [6.45, 7) is 2.72. The number of rotatable bonds is 8. The topological polar surface area (TPSA) is 67.8 Å². The zero-order chi connectivity index (χ0) is 18.1. The Bertz CT molecular complexity index is 544. The number of aliphatic hydroxyl groups excluding tert-OH is 1. The first-order valence-corrected chi connectivity index (χ1v) is 10.6. The van der Waals surface area contributed by atoms with Gasteiger partial charge in [-0.05, 0) is 81.6 Å². The van der Waals surface area contributed by atoms with E-state index in [0.29, 0.717) is 36.2 Å². The van der Waals surface area contributed by atoms with Gasteiger partial charge in [-0.3, -0.25) is 4.79 Å². The van der Waals surface area contributed by atoms with Crippen molar-refractivity contribution in [2.45, 2.75) is 70.6 Å². The SMILES string of the molecule is CCO[C@@H]1OC(C(=O)NC2CC3CCC2C3)=C[C@H](C2CC2)[C@@H]1CCCO. The number of carbonyl (C=O) groups excluding carboxylic acids is 1. The number of hydrogen-bond acceptors (Lipinski definition) is 4. The number of hydrogen-bond donors (Lipinski definition) is 2. The summed E-state index contributed by atoms with van der Waals surface area (Å²) in [4.78, 5) is 12.9. The van der Waals surface area contributed by atoms with Gasteiger partial charge in [0.25, 0.3) is 5.91 Å². The first kappa shape index (κ1) is 18.3. The molecule has 0 aromatic carbocycles. The summed E-state index contributed by atoms with van der Waals surface area (Å²) in [6.07, 6.45) is 10.8. The number of aliphatic hydroxyl groups is 1. The molecule has 6 atom stereocenters. The molecule has 5 heteroatoms. The molecule has 0 radical (unpaired) electrons. The molecule has 5 nitrogen and oxygen atoms in total. The van der Waals surface area contributed by atoms with E-state index in [0.717, 1.165) is 25.2 Å². The number of nitrogens with one attached hydrogen (secondary N) is 1. The van der Waals surface area contributed by atoms with Crippen LogP contribution in [-0.2, 0) is 14.3 Å². The van der Waals surface area contributed by atoms with Crippen molar-refractivity contribution in [3.63, 3.8) is 0 Å². The van der Waals surface area contributed by atoms with Crippen molar-refractivity contribution >= 4 is 5.91 Å². The predicted octanol–water partition coefficient (Wildman–Crippen LogP) is 2.98. The molecule has 3 saturated carbocycles. The van der Waals surface area contributed by atoms with Crippen LogP contribution in [0.5, 0.6) is 0 Å². The standard InChI is InChI=1S/C21H33NO4/c1-2-25-21-16(4-3-9-23)17(14-7-8-14)12-19(26-21)20(24)22-18-11-13-5-6-15(18)10-13/h12-18,21,23H,2-11H2,1H3,(H,22,24)/t13?,15?,16-,17+,18?,21+/m0/s1. The fraction of sp³-hybridized carbons (Fsp3) is 0.857. The van der Waals surface area contributed by atoms with Crippen molar-refractivity contribution < 1.29 is 19.4 Å². The predicted molar refractivity (Wildman–Crippen MR) is 98.0 cm³/mol. The number of fused-ring (bicyclic) bond motifs is 2. The summed E-state index contributed by atoms with van der Waals surface area (Å²) >= 11 is 0. The number of amides is 1. The highest BCUT2D eigenvalue weighted by Gasteiger charge is 2.45. The van der Waals surface area contributed by atoms with Gasteiger partial charge in [-0.1, -0.05) is 6.42 Å². The third-order valence-corrected chi connectivity index (χ3v) is 6.90. The lowest BCUT2D eigenvalue weighted by atomic mass is 9.82. The minimum Gasteiger partial charge on any atom is -0.459 e. The van der Waals surface area contributed by atoms with E-state index in [4.69, 9.17) is 9.47 Å². The van der Waals surface area contributed by atoms with Crippen molar-refractivity contribution in [1.82, 2.24) is 5.32 Å². The van der Waals surface area contributed by atoms with E-state index in [-0.39, 0.29) is 24.7 Å². The Balaban J connectivity index is 1.46. The molecule has 0 aromatic rings. The lowest BCUT2D eigenvalue weighted by Crippen LogP contribution is -2.44. The molecule has 3 unspecified atom stereocenters. The first-order valence-electron chi connectivity index (χ1n) is 10.6. The van der Waals surface area contributed by atoms with Crippen LogP contribution in [0.15, 0.2) is 11.8 Å². The van der Waals surface area contributed by atoms with Crippen molar-refractivity contribution in [3.05, 3.63) is 11.8 Å². The molecular weight excluding hydrogens is 330 g/mol. The third-order valence-electron chi connectivity index (χ3n) is 6.90. The Morgan fingerprint density at radius 3 is 2.69 bits per heavy atom. The van der Waals surface area contributed by atoms with Gasteiger partial charge in [0.2, 0.25) is 6.29 Å². The molecular formula is C21H33NO4. The zero-order valence-electron chi connectivity index (χ0n) is 15.9. The van der Waals surface area contributed by atoms with Crippen LogP contribution in [0.4, 0.5) is 0 Å². The van der Waals surface area contributed by atoms with Crippen LogP contribution in [-0.4, -0.2) is 36.6 Å². The number of ether oxygens (including phenoxy) is 2. The van der Waals surface area contributed by atoms with Crippen molar-refractivity contribution in [1.29, 1.82) is 0 Å². The molecule has 1 amide bonds. The van der Waals surface area contributed by atoms with Gasteiger partial charge < -0.3 is 19.9 Å². The molecule has 3 fully saturated rings. The Morgan fingerprint density at radius 1 is 1.27 bits per heavy atom. The Kier molecular flexibility index (Phi) is 5.55. The van der Waals surface area contributed by atoms with Crippen LogP contribution in [0.3, 0.4) is 0 Å². The van der Waals surface area contributed by atoms with Gasteiger partial charge in [0, 0.05) is 25.2 Å². The van der Waals surface area contributed by atoms with Crippen LogP contribution >= 0.6 is 0 Å². The second kappa shape index (κ2) is 7.89. The molecule has 1 heterocycles. The second-order valence-corrected chi connectivity index (χ2v) is 8.67. The number of allylic oxidation sites excluding steroid dienone is 1. The monoisotopic (exact) mass is 363 g/mol. The van der Waals surface area contributed by atoms with Crippen molar-refractivity contribution in [2.75, 3.05) is 13.2 Å². The highest BCUT2D eigenvalue weighted by Crippen LogP contribution is 2.47. The first-order chi connectivity index (χ1) is 12.7.